The van der Waals surface area contributed by atoms with Crippen molar-refractivity contribution in [2.45, 2.75) is 33.1 Å². The van der Waals surface area contributed by atoms with Gasteiger partial charge in [-0.05, 0) is 12.8 Å². The summed E-state index contributed by atoms with van der Waals surface area (Å²) in [6.07, 6.45) is 5.18. The fourth-order valence-corrected chi connectivity index (χ4v) is 1.74. The number of hydrogen-bond acceptors (Lipinski definition) is 3. The van der Waals surface area contributed by atoms with E-state index in [4.69, 9.17) is 0 Å². The first-order valence-corrected chi connectivity index (χ1v) is 5.41. The van der Waals surface area contributed by atoms with Crippen LogP contribution in [-0.4, -0.2) is 17.8 Å². The van der Waals surface area contributed by atoms with Gasteiger partial charge >= 0.3 is 6.03 Å². The molecule has 1 heterocycles. The van der Waals surface area contributed by atoms with E-state index in [1.54, 1.807) is 12.2 Å². The van der Waals surface area contributed by atoms with Gasteiger partial charge in [0.2, 0.25) is 11.8 Å². The lowest BCUT2D eigenvalue weighted by Gasteiger charge is -2.31. The number of amides is 4. The van der Waals surface area contributed by atoms with Gasteiger partial charge in [-0.2, -0.15) is 0 Å². The molecule has 2 N–H and O–H groups in total. The number of rotatable bonds is 4. The van der Waals surface area contributed by atoms with Gasteiger partial charge in [0.1, 0.15) is 5.41 Å². The smallest absolute Gasteiger partial charge is 0.277 e. The first-order chi connectivity index (χ1) is 7.56. The van der Waals surface area contributed by atoms with Gasteiger partial charge in [0, 0.05) is 0 Å². The molecule has 16 heavy (non-hydrogen) atoms. The maximum atomic E-state index is 11.8. The fraction of sp³-hybridized carbons (Fsp3) is 0.545. The van der Waals surface area contributed by atoms with Crippen molar-refractivity contribution in [2.75, 3.05) is 0 Å². The summed E-state index contributed by atoms with van der Waals surface area (Å²) in [5.41, 5.74) is -1.22. The summed E-state index contributed by atoms with van der Waals surface area (Å²) in [6.45, 7) is 3.80. The molecule has 0 radical (unpaired) electrons. The third kappa shape index (κ3) is 2.13. The second-order valence-electron chi connectivity index (χ2n) is 3.77. The van der Waals surface area contributed by atoms with E-state index in [0.29, 0.717) is 12.8 Å². The van der Waals surface area contributed by atoms with E-state index in [2.05, 4.69) is 10.6 Å². The van der Waals surface area contributed by atoms with Crippen molar-refractivity contribution in [3.63, 3.8) is 0 Å². The van der Waals surface area contributed by atoms with Crippen LogP contribution in [-0.2, 0) is 9.59 Å². The molecule has 0 aromatic heterocycles. The van der Waals surface area contributed by atoms with Crippen LogP contribution < -0.4 is 10.6 Å². The van der Waals surface area contributed by atoms with Crippen molar-refractivity contribution in [1.82, 2.24) is 10.6 Å². The van der Waals surface area contributed by atoms with Crippen LogP contribution in [0.5, 0.6) is 0 Å². The van der Waals surface area contributed by atoms with E-state index in [1.807, 2.05) is 13.8 Å². The van der Waals surface area contributed by atoms with E-state index in [-0.39, 0.29) is 0 Å². The number of hydrogen-bond donors (Lipinski definition) is 2. The second kappa shape index (κ2) is 4.92. The van der Waals surface area contributed by atoms with Crippen LogP contribution in [0.15, 0.2) is 12.2 Å². The van der Waals surface area contributed by atoms with Gasteiger partial charge in [0.15, 0.2) is 0 Å². The zero-order chi connectivity index (χ0) is 12.2. The third-order valence-corrected chi connectivity index (χ3v) is 2.55. The molecule has 88 valence electrons. The Hall–Kier alpha value is -1.65. The monoisotopic (exact) mass is 224 g/mol. The van der Waals surface area contributed by atoms with Crippen LogP contribution in [0, 0.1) is 5.41 Å². The minimum absolute atomic E-state index is 0.397. The summed E-state index contributed by atoms with van der Waals surface area (Å²) in [4.78, 5) is 34.5. The molecule has 0 aliphatic carbocycles. The average Bonchev–Trinajstić information content (AvgIpc) is 2.22. The highest BCUT2D eigenvalue weighted by molar-refractivity contribution is 6.20. The summed E-state index contributed by atoms with van der Waals surface area (Å²) < 4.78 is 0. The predicted octanol–water partition coefficient (Wildman–Crippen LogP) is 1.11. The van der Waals surface area contributed by atoms with Crippen molar-refractivity contribution >= 4 is 17.8 Å². The molecular formula is C11H16N2O3. The van der Waals surface area contributed by atoms with Crippen LogP contribution in [0.2, 0.25) is 0 Å². The SMILES string of the molecule is CC/C=C/C1(CCC)C(=O)NC(=O)NC1=O. The van der Waals surface area contributed by atoms with Gasteiger partial charge in [0.05, 0.1) is 0 Å². The van der Waals surface area contributed by atoms with E-state index < -0.39 is 23.3 Å². The van der Waals surface area contributed by atoms with Gasteiger partial charge in [0.25, 0.3) is 0 Å². The molecule has 1 saturated heterocycles. The van der Waals surface area contributed by atoms with Crippen molar-refractivity contribution in [1.29, 1.82) is 0 Å². The zero-order valence-electron chi connectivity index (χ0n) is 9.50. The van der Waals surface area contributed by atoms with Crippen molar-refractivity contribution in [3.05, 3.63) is 12.2 Å². The molecule has 0 atom stereocenters. The zero-order valence-corrected chi connectivity index (χ0v) is 9.50. The van der Waals surface area contributed by atoms with Crippen molar-refractivity contribution < 1.29 is 14.4 Å². The van der Waals surface area contributed by atoms with E-state index in [0.717, 1.165) is 6.42 Å². The number of imide groups is 2. The summed E-state index contributed by atoms with van der Waals surface area (Å²) in [5.74, 6) is -1.07. The van der Waals surface area contributed by atoms with Crippen LogP contribution >= 0.6 is 0 Å². The maximum absolute atomic E-state index is 11.8. The highest BCUT2D eigenvalue weighted by Gasteiger charge is 2.47. The van der Waals surface area contributed by atoms with Gasteiger partial charge in [-0.1, -0.05) is 32.4 Å². The van der Waals surface area contributed by atoms with E-state index in [1.165, 1.54) is 0 Å². The molecule has 0 bridgehead atoms. The van der Waals surface area contributed by atoms with Crippen LogP contribution in [0.3, 0.4) is 0 Å². The van der Waals surface area contributed by atoms with Gasteiger partial charge in [-0.3, -0.25) is 20.2 Å². The van der Waals surface area contributed by atoms with Crippen LogP contribution in [0.4, 0.5) is 4.79 Å². The third-order valence-electron chi connectivity index (χ3n) is 2.55. The average molecular weight is 224 g/mol. The molecule has 0 spiro atoms. The minimum Gasteiger partial charge on any atom is -0.277 e. The number of allylic oxidation sites excluding steroid dienone is 1. The van der Waals surface area contributed by atoms with Crippen LogP contribution in [0.1, 0.15) is 33.1 Å². The number of nitrogens with one attached hydrogen (secondary N) is 2. The van der Waals surface area contributed by atoms with Gasteiger partial charge in [-0.15, -0.1) is 0 Å². The quantitative estimate of drug-likeness (QED) is 0.554. The Morgan fingerprint density at radius 3 is 2.12 bits per heavy atom. The molecule has 1 fully saturated rings. The highest BCUT2D eigenvalue weighted by Crippen LogP contribution is 2.28. The normalized spacial score (nSPS) is 19.8. The van der Waals surface area contributed by atoms with Gasteiger partial charge in [-0.25, -0.2) is 4.79 Å². The Bertz CT molecular complexity index is 327. The Labute approximate surface area is 94.3 Å². The fourth-order valence-electron chi connectivity index (χ4n) is 1.74. The topological polar surface area (TPSA) is 75.3 Å². The highest BCUT2D eigenvalue weighted by atomic mass is 16.2. The lowest BCUT2D eigenvalue weighted by molar-refractivity contribution is -0.141. The Balaban J connectivity index is 3.06. The molecule has 5 nitrogen and oxygen atoms in total. The molecule has 0 saturated carbocycles. The molecule has 1 rings (SSSR count). The molecule has 5 heteroatoms. The number of urea groups is 1. The minimum atomic E-state index is -1.22. The molecule has 0 aromatic rings. The number of carbonyl (C=O) groups is 3. The molecule has 0 unspecified atom stereocenters. The maximum Gasteiger partial charge on any atom is 0.328 e. The second-order valence-corrected chi connectivity index (χ2v) is 3.77. The summed E-state index contributed by atoms with van der Waals surface area (Å²) in [6, 6.07) is -0.744. The predicted molar refractivity (Wildman–Crippen MR) is 58.5 cm³/mol. The summed E-state index contributed by atoms with van der Waals surface area (Å²) in [5, 5.41) is 4.27. The largest absolute Gasteiger partial charge is 0.328 e. The van der Waals surface area contributed by atoms with Crippen molar-refractivity contribution in [3.8, 4) is 0 Å². The Morgan fingerprint density at radius 2 is 1.69 bits per heavy atom. The summed E-state index contributed by atoms with van der Waals surface area (Å²) in [7, 11) is 0. The number of barbiturate groups is 1. The molecular weight excluding hydrogens is 208 g/mol. The van der Waals surface area contributed by atoms with E-state index >= 15 is 0 Å². The first-order valence-electron chi connectivity index (χ1n) is 5.41. The lowest BCUT2D eigenvalue weighted by atomic mass is 9.79. The van der Waals surface area contributed by atoms with Crippen molar-refractivity contribution in [2.24, 2.45) is 5.41 Å². The molecule has 1 aliphatic heterocycles. The number of carbonyl (C=O) groups excluding carboxylic acids is 3. The van der Waals surface area contributed by atoms with Gasteiger partial charge < -0.3 is 0 Å². The molecule has 1 aliphatic rings. The lowest BCUT2D eigenvalue weighted by Crippen LogP contribution is -2.61. The molecule has 4 amide bonds. The Morgan fingerprint density at radius 1 is 1.12 bits per heavy atom. The standard InChI is InChI=1S/C11H16N2O3/c1-3-5-7-11(6-4-2)8(14)12-10(16)13-9(11)15/h5,7H,3-4,6H2,1-2H3,(H2,12,13,14,15,16)/b7-5+. The van der Waals surface area contributed by atoms with E-state index in [9.17, 15) is 14.4 Å². The van der Waals surface area contributed by atoms with Crippen LogP contribution in [0.25, 0.3) is 0 Å². The Kier molecular flexibility index (Phi) is 3.82. The summed E-state index contributed by atoms with van der Waals surface area (Å²) >= 11 is 0. The first kappa shape index (κ1) is 12.4. The molecule has 0 aromatic carbocycles.